The lowest BCUT2D eigenvalue weighted by atomic mass is 9.86. The van der Waals surface area contributed by atoms with Crippen LogP contribution in [-0.4, -0.2) is 25.8 Å². The number of hydrogen-bond acceptors (Lipinski definition) is 2. The predicted octanol–water partition coefficient (Wildman–Crippen LogP) is 2.22. The SMILES string of the molecule is C=CS(=O)(=O)N1CCCC(C(C)CC)C1. The topological polar surface area (TPSA) is 37.4 Å². The van der Waals surface area contributed by atoms with E-state index in [2.05, 4.69) is 20.4 Å². The number of rotatable bonds is 4. The molecule has 1 rings (SSSR count). The van der Waals surface area contributed by atoms with Gasteiger partial charge in [0.2, 0.25) is 10.0 Å². The van der Waals surface area contributed by atoms with Gasteiger partial charge in [-0.3, -0.25) is 0 Å². The summed E-state index contributed by atoms with van der Waals surface area (Å²) >= 11 is 0. The van der Waals surface area contributed by atoms with E-state index in [0.29, 0.717) is 24.9 Å². The molecule has 15 heavy (non-hydrogen) atoms. The van der Waals surface area contributed by atoms with Crippen LogP contribution >= 0.6 is 0 Å². The van der Waals surface area contributed by atoms with Gasteiger partial charge in [0.1, 0.15) is 0 Å². The van der Waals surface area contributed by atoms with Crippen molar-refractivity contribution in [1.29, 1.82) is 0 Å². The van der Waals surface area contributed by atoms with Gasteiger partial charge in [0.15, 0.2) is 0 Å². The van der Waals surface area contributed by atoms with Crippen LogP contribution in [-0.2, 0) is 10.0 Å². The van der Waals surface area contributed by atoms with Gasteiger partial charge in [-0.15, -0.1) is 0 Å². The fourth-order valence-electron chi connectivity index (χ4n) is 2.11. The van der Waals surface area contributed by atoms with Gasteiger partial charge >= 0.3 is 0 Å². The molecule has 0 spiro atoms. The first-order chi connectivity index (χ1) is 7.01. The smallest absolute Gasteiger partial charge is 0.208 e. The van der Waals surface area contributed by atoms with Gasteiger partial charge in [-0.1, -0.05) is 26.8 Å². The van der Waals surface area contributed by atoms with E-state index in [1.165, 1.54) is 0 Å². The number of nitrogens with zero attached hydrogens (tertiary/aromatic N) is 1. The Morgan fingerprint density at radius 2 is 2.27 bits per heavy atom. The summed E-state index contributed by atoms with van der Waals surface area (Å²) in [5.41, 5.74) is 0. The van der Waals surface area contributed by atoms with Crippen LogP contribution in [0.2, 0.25) is 0 Å². The van der Waals surface area contributed by atoms with Crippen molar-refractivity contribution < 1.29 is 8.42 Å². The zero-order chi connectivity index (χ0) is 11.5. The van der Waals surface area contributed by atoms with E-state index in [9.17, 15) is 8.42 Å². The summed E-state index contributed by atoms with van der Waals surface area (Å²) in [6, 6.07) is 0. The molecule has 2 atom stereocenters. The van der Waals surface area contributed by atoms with Crippen LogP contribution in [0.25, 0.3) is 0 Å². The number of piperidine rings is 1. The molecule has 2 unspecified atom stereocenters. The minimum Gasteiger partial charge on any atom is -0.208 e. The second-order valence-electron chi connectivity index (χ2n) is 4.36. The molecule has 0 aromatic carbocycles. The largest absolute Gasteiger partial charge is 0.235 e. The first kappa shape index (κ1) is 12.7. The molecule has 0 aliphatic carbocycles. The third kappa shape index (κ3) is 3.05. The zero-order valence-corrected chi connectivity index (χ0v) is 10.5. The lowest BCUT2D eigenvalue weighted by Gasteiger charge is -2.34. The Bertz CT molecular complexity index is 311. The first-order valence-corrected chi connectivity index (χ1v) is 7.14. The summed E-state index contributed by atoms with van der Waals surface area (Å²) in [6.45, 7) is 9.05. The molecule has 1 aliphatic heterocycles. The van der Waals surface area contributed by atoms with Gasteiger partial charge < -0.3 is 0 Å². The van der Waals surface area contributed by atoms with Gasteiger partial charge in [-0.25, -0.2) is 8.42 Å². The van der Waals surface area contributed by atoms with Gasteiger partial charge in [0.05, 0.1) is 0 Å². The van der Waals surface area contributed by atoms with Crippen LogP contribution in [0.15, 0.2) is 12.0 Å². The highest BCUT2D eigenvalue weighted by Gasteiger charge is 2.28. The summed E-state index contributed by atoms with van der Waals surface area (Å²) in [7, 11) is -3.20. The first-order valence-electron chi connectivity index (χ1n) is 5.63. The fraction of sp³-hybridized carbons (Fsp3) is 0.818. The highest BCUT2D eigenvalue weighted by Crippen LogP contribution is 2.27. The van der Waals surface area contributed by atoms with Crippen LogP contribution in [0, 0.1) is 11.8 Å². The maximum atomic E-state index is 11.6. The van der Waals surface area contributed by atoms with E-state index in [1.807, 2.05) is 0 Å². The monoisotopic (exact) mass is 231 g/mol. The third-order valence-electron chi connectivity index (χ3n) is 3.44. The van der Waals surface area contributed by atoms with Crippen molar-refractivity contribution in [3.63, 3.8) is 0 Å². The Labute approximate surface area is 93.2 Å². The van der Waals surface area contributed by atoms with E-state index < -0.39 is 10.0 Å². The van der Waals surface area contributed by atoms with Crippen LogP contribution < -0.4 is 0 Å². The Balaban J connectivity index is 2.68. The molecule has 4 heteroatoms. The number of sulfonamides is 1. The Hall–Kier alpha value is -0.350. The van der Waals surface area contributed by atoms with Crippen molar-refractivity contribution in [2.24, 2.45) is 11.8 Å². The molecule has 88 valence electrons. The van der Waals surface area contributed by atoms with Gasteiger partial charge in [0, 0.05) is 18.5 Å². The summed E-state index contributed by atoms with van der Waals surface area (Å²) in [6.07, 6.45) is 3.24. The van der Waals surface area contributed by atoms with Gasteiger partial charge in [0.25, 0.3) is 0 Å². The molecule has 0 amide bonds. The molecule has 1 aliphatic rings. The van der Waals surface area contributed by atoms with Crippen molar-refractivity contribution in [3.05, 3.63) is 12.0 Å². The van der Waals surface area contributed by atoms with Crippen molar-refractivity contribution in [3.8, 4) is 0 Å². The van der Waals surface area contributed by atoms with Crippen LogP contribution in [0.1, 0.15) is 33.1 Å². The fourth-order valence-corrected chi connectivity index (χ4v) is 3.10. The second kappa shape index (κ2) is 5.12. The molecule has 0 saturated carbocycles. The Kier molecular flexibility index (Phi) is 4.34. The standard InChI is InChI=1S/C11H21NO2S/c1-4-10(3)11-7-6-8-12(9-11)15(13,14)5-2/h5,10-11H,2,4,6-9H2,1,3H3. The zero-order valence-electron chi connectivity index (χ0n) is 9.65. The maximum absolute atomic E-state index is 11.6. The van der Waals surface area contributed by atoms with Crippen LogP contribution in [0.4, 0.5) is 0 Å². The molecule has 0 radical (unpaired) electrons. The lowest BCUT2D eigenvalue weighted by molar-refractivity contribution is 0.207. The second-order valence-corrected chi connectivity index (χ2v) is 6.24. The van der Waals surface area contributed by atoms with E-state index in [-0.39, 0.29) is 0 Å². The molecule has 1 fully saturated rings. The molecule has 0 bridgehead atoms. The molecule has 0 N–H and O–H groups in total. The minimum atomic E-state index is -3.20. The molecule has 3 nitrogen and oxygen atoms in total. The average Bonchev–Trinajstić information content (AvgIpc) is 2.28. The number of hydrogen-bond donors (Lipinski definition) is 0. The molecule has 1 heterocycles. The van der Waals surface area contributed by atoms with E-state index in [0.717, 1.165) is 24.7 Å². The highest BCUT2D eigenvalue weighted by molar-refractivity contribution is 7.92. The predicted molar refractivity (Wildman–Crippen MR) is 62.9 cm³/mol. The van der Waals surface area contributed by atoms with Crippen molar-refractivity contribution in [1.82, 2.24) is 4.31 Å². The summed E-state index contributed by atoms with van der Waals surface area (Å²) in [4.78, 5) is 0. The van der Waals surface area contributed by atoms with Gasteiger partial charge in [-0.2, -0.15) is 4.31 Å². The van der Waals surface area contributed by atoms with Crippen molar-refractivity contribution in [2.75, 3.05) is 13.1 Å². The summed E-state index contributed by atoms with van der Waals surface area (Å²) in [5, 5.41) is 1.06. The van der Waals surface area contributed by atoms with Crippen molar-refractivity contribution >= 4 is 10.0 Å². The van der Waals surface area contributed by atoms with E-state index in [1.54, 1.807) is 4.31 Å². The molecular formula is C11H21NO2S. The molecule has 0 aromatic rings. The maximum Gasteiger partial charge on any atom is 0.235 e. The summed E-state index contributed by atoms with van der Waals surface area (Å²) in [5.74, 6) is 1.12. The minimum absolute atomic E-state index is 0.512. The molecular weight excluding hydrogens is 210 g/mol. The van der Waals surface area contributed by atoms with E-state index >= 15 is 0 Å². The Morgan fingerprint density at radius 1 is 1.60 bits per heavy atom. The average molecular weight is 231 g/mol. The molecule has 0 aromatic heterocycles. The summed E-state index contributed by atoms with van der Waals surface area (Å²) < 4.78 is 24.8. The quantitative estimate of drug-likeness (QED) is 0.744. The highest BCUT2D eigenvalue weighted by atomic mass is 32.2. The van der Waals surface area contributed by atoms with Crippen LogP contribution in [0.5, 0.6) is 0 Å². The van der Waals surface area contributed by atoms with Crippen molar-refractivity contribution in [2.45, 2.75) is 33.1 Å². The Morgan fingerprint density at radius 3 is 2.80 bits per heavy atom. The van der Waals surface area contributed by atoms with Crippen LogP contribution in [0.3, 0.4) is 0 Å². The third-order valence-corrected chi connectivity index (χ3v) is 4.91. The molecule has 1 saturated heterocycles. The normalized spacial score (nSPS) is 26.1. The van der Waals surface area contributed by atoms with Gasteiger partial charge in [-0.05, 0) is 24.7 Å². The lowest BCUT2D eigenvalue weighted by Crippen LogP contribution is -2.40. The van der Waals surface area contributed by atoms with E-state index in [4.69, 9.17) is 0 Å².